The number of phenolic OH excluding ortho intramolecular Hbond substituents is 2. The number of hydrogen-bond acceptors (Lipinski definition) is 5. The van der Waals surface area contributed by atoms with Crippen molar-refractivity contribution in [2.75, 3.05) is 0 Å². The Balaban J connectivity index is 1.77. The van der Waals surface area contributed by atoms with Crippen LogP contribution in [-0.2, 0) is 4.79 Å². The maximum Gasteiger partial charge on any atom is 0.246 e. The van der Waals surface area contributed by atoms with Crippen LogP contribution in [0.25, 0.3) is 0 Å². The largest absolute Gasteiger partial charge is 0.508 e. The van der Waals surface area contributed by atoms with E-state index in [1.54, 1.807) is 0 Å². The van der Waals surface area contributed by atoms with Crippen LogP contribution in [0.4, 0.5) is 0 Å². The fraction of sp³-hybridized carbons (Fsp3) is 0.556. The van der Waals surface area contributed by atoms with Crippen molar-refractivity contribution >= 4 is 12.1 Å². The average molecular weight is 332 g/mol. The van der Waals surface area contributed by atoms with E-state index in [9.17, 15) is 20.1 Å². The number of carbonyl (C=O) groups is 1. The van der Waals surface area contributed by atoms with Gasteiger partial charge in [-0.05, 0) is 42.2 Å². The van der Waals surface area contributed by atoms with Crippen LogP contribution in [0.2, 0.25) is 0 Å². The van der Waals surface area contributed by atoms with E-state index in [0.717, 1.165) is 12.8 Å². The number of hydrogen-bond donors (Lipinski definition) is 4. The summed E-state index contributed by atoms with van der Waals surface area (Å²) in [5.74, 6) is -0.349. The van der Waals surface area contributed by atoms with Gasteiger partial charge in [0.2, 0.25) is 5.91 Å². The Morgan fingerprint density at radius 3 is 2.54 bits per heavy atom. The van der Waals surface area contributed by atoms with Crippen LogP contribution < -0.4 is 5.43 Å². The first-order chi connectivity index (χ1) is 11.1. The molecule has 0 radical (unpaired) electrons. The summed E-state index contributed by atoms with van der Waals surface area (Å²) in [4.78, 5) is 12.8. The molecule has 6 heteroatoms. The quantitative estimate of drug-likeness (QED) is 0.503. The standard InChI is InChI=1S/C18H24N2O4/c1-16(2)17(3)6-7-18(16,9-14(17)23)15(24)20-19-10-11-4-5-12(21)8-13(11)22/h4-5,8,10,14,21-23H,6-7,9H2,1-3H3,(H,20,24)/b19-10-/t14-,17-,18+/m0/s1. The number of benzene rings is 1. The number of fused-ring (bicyclic) bond motifs is 2. The van der Waals surface area contributed by atoms with Crippen molar-refractivity contribution in [1.82, 2.24) is 5.43 Å². The highest BCUT2D eigenvalue weighted by molar-refractivity contribution is 5.88. The number of phenols is 2. The zero-order chi connectivity index (χ0) is 17.8. The number of rotatable bonds is 3. The minimum absolute atomic E-state index is 0.0421. The van der Waals surface area contributed by atoms with Crippen molar-refractivity contribution in [1.29, 1.82) is 0 Å². The van der Waals surface area contributed by atoms with Crippen LogP contribution in [0.3, 0.4) is 0 Å². The number of aromatic hydroxyl groups is 2. The molecule has 130 valence electrons. The second-order valence-corrected chi connectivity index (χ2v) is 7.79. The molecule has 0 unspecified atom stereocenters. The molecule has 1 aromatic rings. The predicted molar refractivity (Wildman–Crippen MR) is 89.7 cm³/mol. The molecule has 1 amide bonds. The van der Waals surface area contributed by atoms with Crippen molar-refractivity contribution in [3.8, 4) is 11.5 Å². The molecule has 0 heterocycles. The summed E-state index contributed by atoms with van der Waals surface area (Å²) >= 11 is 0. The summed E-state index contributed by atoms with van der Waals surface area (Å²) in [7, 11) is 0. The normalized spacial score (nSPS) is 33.9. The Bertz CT molecular complexity index is 715. The van der Waals surface area contributed by atoms with Gasteiger partial charge in [-0.3, -0.25) is 4.79 Å². The molecule has 2 aliphatic carbocycles. The zero-order valence-corrected chi connectivity index (χ0v) is 14.2. The van der Waals surface area contributed by atoms with Gasteiger partial charge in [0.1, 0.15) is 11.5 Å². The SMILES string of the molecule is CC1(C)[C@]2(C(=O)N/N=C\c3ccc(O)cc3O)CC[C@@]1(C)[C@@H](O)C2. The predicted octanol–water partition coefficient (Wildman–Crippen LogP) is 2.13. The number of aliphatic hydroxyl groups excluding tert-OH is 1. The van der Waals surface area contributed by atoms with Crippen LogP contribution in [0, 0.1) is 16.2 Å². The molecule has 2 aliphatic rings. The van der Waals surface area contributed by atoms with E-state index in [-0.39, 0.29) is 28.2 Å². The first kappa shape index (κ1) is 16.8. The van der Waals surface area contributed by atoms with Gasteiger partial charge in [-0.1, -0.05) is 20.8 Å². The second kappa shape index (κ2) is 5.21. The number of hydrazone groups is 1. The maximum absolute atomic E-state index is 12.8. The Hall–Kier alpha value is -2.08. The Labute approximate surface area is 141 Å². The highest BCUT2D eigenvalue weighted by Gasteiger charge is 2.72. The van der Waals surface area contributed by atoms with E-state index in [1.165, 1.54) is 24.4 Å². The molecular formula is C18H24N2O4. The summed E-state index contributed by atoms with van der Waals surface area (Å²) in [5.41, 5.74) is 1.76. The number of nitrogens with zero attached hydrogens (tertiary/aromatic N) is 1. The molecule has 0 aliphatic heterocycles. The van der Waals surface area contributed by atoms with Crippen molar-refractivity contribution in [2.24, 2.45) is 21.3 Å². The molecule has 3 rings (SSSR count). The molecule has 0 aromatic heterocycles. The lowest BCUT2D eigenvalue weighted by molar-refractivity contribution is -0.136. The number of amides is 1. The van der Waals surface area contributed by atoms with Gasteiger partial charge < -0.3 is 15.3 Å². The van der Waals surface area contributed by atoms with Gasteiger partial charge >= 0.3 is 0 Å². The van der Waals surface area contributed by atoms with Gasteiger partial charge in [-0.2, -0.15) is 5.10 Å². The van der Waals surface area contributed by atoms with E-state index in [1.807, 2.05) is 13.8 Å². The summed E-state index contributed by atoms with van der Waals surface area (Å²) in [6.45, 7) is 6.15. The van der Waals surface area contributed by atoms with Gasteiger partial charge in [0.15, 0.2) is 0 Å². The van der Waals surface area contributed by atoms with Crippen molar-refractivity contribution in [3.63, 3.8) is 0 Å². The summed E-state index contributed by atoms with van der Waals surface area (Å²) < 4.78 is 0. The Morgan fingerprint density at radius 2 is 2.00 bits per heavy atom. The van der Waals surface area contributed by atoms with E-state index < -0.39 is 11.5 Å². The highest BCUT2D eigenvalue weighted by Crippen LogP contribution is 2.72. The zero-order valence-electron chi connectivity index (χ0n) is 14.2. The third-order valence-corrected chi connectivity index (χ3v) is 6.79. The molecule has 4 N–H and O–H groups in total. The average Bonchev–Trinajstić information content (AvgIpc) is 2.79. The molecule has 2 saturated carbocycles. The van der Waals surface area contributed by atoms with Gasteiger partial charge in [0.25, 0.3) is 0 Å². The molecular weight excluding hydrogens is 308 g/mol. The number of nitrogens with one attached hydrogen (secondary N) is 1. The van der Waals surface area contributed by atoms with Crippen LogP contribution in [0.5, 0.6) is 11.5 Å². The molecule has 0 saturated heterocycles. The number of carbonyl (C=O) groups excluding carboxylic acids is 1. The highest BCUT2D eigenvalue weighted by atomic mass is 16.3. The lowest BCUT2D eigenvalue weighted by Gasteiger charge is -2.39. The fourth-order valence-electron chi connectivity index (χ4n) is 4.54. The van der Waals surface area contributed by atoms with Gasteiger partial charge in [-0.25, -0.2) is 5.43 Å². The second-order valence-electron chi connectivity index (χ2n) is 7.79. The first-order valence-electron chi connectivity index (χ1n) is 8.18. The molecule has 0 spiro atoms. The molecule has 24 heavy (non-hydrogen) atoms. The van der Waals surface area contributed by atoms with Gasteiger partial charge in [0.05, 0.1) is 17.7 Å². The summed E-state index contributed by atoms with van der Waals surface area (Å²) in [6.07, 6.45) is 2.85. The minimum Gasteiger partial charge on any atom is -0.508 e. The van der Waals surface area contributed by atoms with Crippen molar-refractivity contribution in [3.05, 3.63) is 23.8 Å². The van der Waals surface area contributed by atoms with E-state index in [4.69, 9.17) is 0 Å². The molecule has 6 nitrogen and oxygen atoms in total. The van der Waals surface area contributed by atoms with Crippen molar-refractivity contribution < 1.29 is 20.1 Å². The number of aliphatic hydroxyl groups is 1. The minimum atomic E-state index is -0.629. The topological polar surface area (TPSA) is 102 Å². The molecule has 3 atom stereocenters. The van der Waals surface area contributed by atoms with Crippen LogP contribution in [-0.4, -0.2) is 33.5 Å². The van der Waals surface area contributed by atoms with Crippen LogP contribution in [0.15, 0.2) is 23.3 Å². The molecule has 2 fully saturated rings. The Kier molecular flexibility index (Phi) is 3.64. The summed E-state index contributed by atoms with van der Waals surface area (Å²) in [6, 6.07) is 4.15. The van der Waals surface area contributed by atoms with E-state index in [0.29, 0.717) is 12.0 Å². The molecule has 2 bridgehead atoms. The third-order valence-electron chi connectivity index (χ3n) is 6.79. The van der Waals surface area contributed by atoms with Crippen molar-refractivity contribution in [2.45, 2.75) is 46.1 Å². The monoisotopic (exact) mass is 332 g/mol. The van der Waals surface area contributed by atoms with Crippen LogP contribution in [0.1, 0.15) is 45.6 Å². The van der Waals surface area contributed by atoms with Gasteiger partial charge in [0, 0.05) is 11.6 Å². The Morgan fingerprint density at radius 1 is 1.29 bits per heavy atom. The third kappa shape index (κ3) is 2.05. The summed E-state index contributed by atoms with van der Waals surface area (Å²) in [5, 5.41) is 33.4. The maximum atomic E-state index is 12.8. The molecule has 1 aromatic carbocycles. The van der Waals surface area contributed by atoms with E-state index in [2.05, 4.69) is 17.5 Å². The van der Waals surface area contributed by atoms with Crippen LogP contribution >= 0.6 is 0 Å². The fourth-order valence-corrected chi connectivity index (χ4v) is 4.54. The lowest BCUT2D eigenvalue weighted by atomic mass is 9.64. The first-order valence-corrected chi connectivity index (χ1v) is 8.18. The smallest absolute Gasteiger partial charge is 0.246 e. The van der Waals surface area contributed by atoms with Gasteiger partial charge in [-0.15, -0.1) is 0 Å². The lowest BCUT2D eigenvalue weighted by Crippen LogP contribution is -2.45. The van der Waals surface area contributed by atoms with E-state index >= 15 is 0 Å².